The number of hydrogen-bond acceptors (Lipinski definition) is 2. The molecule has 0 saturated carbocycles. The van der Waals surface area contributed by atoms with Gasteiger partial charge < -0.3 is 9.30 Å². The van der Waals surface area contributed by atoms with Gasteiger partial charge >= 0.3 is 0 Å². The summed E-state index contributed by atoms with van der Waals surface area (Å²) < 4.78 is 21.4. The van der Waals surface area contributed by atoms with Crippen LogP contribution in [0.3, 0.4) is 0 Å². The Bertz CT molecular complexity index is 588. The molecule has 0 aliphatic rings. The maximum atomic E-state index is 13.7. The van der Waals surface area contributed by atoms with Crippen LogP contribution in [-0.2, 0) is 17.2 Å². The normalized spacial score (nSPS) is 11.4. The molecule has 1 aromatic heterocycles. The van der Waals surface area contributed by atoms with Crippen molar-refractivity contribution < 1.29 is 9.13 Å². The highest BCUT2D eigenvalue weighted by Gasteiger charge is 2.12. The quantitative estimate of drug-likeness (QED) is 0.386. The van der Waals surface area contributed by atoms with Gasteiger partial charge in [0.05, 0.1) is 20.5 Å². The minimum absolute atomic E-state index is 0.209. The second-order valence-corrected chi connectivity index (χ2v) is 6.05. The average molecular weight is 411 g/mol. The lowest BCUT2D eigenvalue weighted by Gasteiger charge is -2.08. The zero-order valence-corrected chi connectivity index (χ0v) is 14.2. The summed E-state index contributed by atoms with van der Waals surface area (Å²) in [7, 11) is 1.71. The van der Waals surface area contributed by atoms with E-state index in [4.69, 9.17) is 16.3 Å². The molecule has 6 heteroatoms. The predicted octanol–water partition coefficient (Wildman–Crippen LogP) is 4.34. The van der Waals surface area contributed by atoms with E-state index < -0.39 is 0 Å². The number of imidazole rings is 1. The Kier molecular flexibility index (Phi) is 6.04. The summed E-state index contributed by atoms with van der Waals surface area (Å²) in [6.07, 6.45) is 3.11. The Labute approximate surface area is 136 Å². The van der Waals surface area contributed by atoms with E-state index in [1.165, 1.54) is 0 Å². The van der Waals surface area contributed by atoms with Crippen LogP contribution in [0.1, 0.15) is 25.1 Å². The van der Waals surface area contributed by atoms with Crippen LogP contribution >= 0.6 is 34.2 Å². The van der Waals surface area contributed by atoms with Gasteiger partial charge in [0, 0.05) is 26.3 Å². The largest absolute Gasteiger partial charge is 0.385 e. The highest BCUT2D eigenvalue weighted by molar-refractivity contribution is 14.1. The third kappa shape index (κ3) is 3.62. The molecular weight excluding hydrogens is 394 g/mol. The molecule has 0 saturated heterocycles. The Morgan fingerprint density at radius 3 is 2.85 bits per heavy atom. The smallest absolute Gasteiger partial charge is 0.138 e. The lowest BCUT2D eigenvalue weighted by molar-refractivity contribution is 0.191. The molecule has 1 aromatic carbocycles. The van der Waals surface area contributed by atoms with Crippen LogP contribution in [0.2, 0.25) is 0 Å². The van der Waals surface area contributed by atoms with Crippen LogP contribution < -0.4 is 0 Å². The van der Waals surface area contributed by atoms with Crippen molar-refractivity contribution in [1.82, 2.24) is 9.55 Å². The van der Waals surface area contributed by atoms with Crippen molar-refractivity contribution in [2.75, 3.05) is 13.7 Å². The molecule has 1 heterocycles. The summed E-state index contributed by atoms with van der Waals surface area (Å²) in [4.78, 5) is 4.48. The van der Waals surface area contributed by atoms with Crippen LogP contribution in [0.4, 0.5) is 4.39 Å². The molecule has 0 aliphatic carbocycles. The van der Waals surface area contributed by atoms with Crippen molar-refractivity contribution in [3.8, 4) is 0 Å². The van der Waals surface area contributed by atoms with Gasteiger partial charge in [0.15, 0.2) is 0 Å². The number of alkyl halides is 1. The SMILES string of the molecule is COCCCCCn1c(CCl)nc2cc(I)c(F)cc21. The van der Waals surface area contributed by atoms with Gasteiger partial charge in [0.2, 0.25) is 0 Å². The van der Waals surface area contributed by atoms with Gasteiger partial charge in [-0.3, -0.25) is 0 Å². The van der Waals surface area contributed by atoms with Crippen LogP contribution in [0.15, 0.2) is 12.1 Å². The molecular formula is C14H17ClFIN2O. The maximum Gasteiger partial charge on any atom is 0.138 e. The number of nitrogens with zero attached hydrogens (tertiary/aromatic N) is 2. The summed E-state index contributed by atoms with van der Waals surface area (Å²) in [5, 5.41) is 0. The van der Waals surface area contributed by atoms with E-state index in [-0.39, 0.29) is 5.82 Å². The number of benzene rings is 1. The summed E-state index contributed by atoms with van der Waals surface area (Å²) in [5.41, 5.74) is 1.63. The highest BCUT2D eigenvalue weighted by Crippen LogP contribution is 2.23. The molecule has 0 bridgehead atoms. The first-order chi connectivity index (χ1) is 9.67. The van der Waals surface area contributed by atoms with Crippen molar-refractivity contribution in [2.24, 2.45) is 0 Å². The van der Waals surface area contributed by atoms with Gasteiger partial charge in [-0.1, -0.05) is 0 Å². The molecule has 110 valence electrons. The van der Waals surface area contributed by atoms with E-state index >= 15 is 0 Å². The number of ether oxygens (including phenoxy) is 1. The fourth-order valence-corrected chi connectivity index (χ4v) is 2.87. The average Bonchev–Trinajstić information content (AvgIpc) is 2.76. The van der Waals surface area contributed by atoms with Crippen LogP contribution in [0, 0.1) is 9.39 Å². The first kappa shape index (κ1) is 16.0. The number of fused-ring (bicyclic) bond motifs is 1. The van der Waals surface area contributed by atoms with Gasteiger partial charge in [0.1, 0.15) is 11.6 Å². The van der Waals surface area contributed by atoms with E-state index in [9.17, 15) is 4.39 Å². The van der Waals surface area contributed by atoms with Gasteiger partial charge in [-0.25, -0.2) is 9.37 Å². The number of halogens is 3. The van der Waals surface area contributed by atoms with E-state index in [1.54, 1.807) is 19.2 Å². The van der Waals surface area contributed by atoms with E-state index in [1.807, 2.05) is 27.2 Å². The van der Waals surface area contributed by atoms with E-state index in [0.717, 1.165) is 49.3 Å². The Balaban J connectivity index is 2.19. The van der Waals surface area contributed by atoms with Gasteiger partial charge in [0.25, 0.3) is 0 Å². The summed E-state index contributed by atoms with van der Waals surface area (Å²) in [6, 6.07) is 3.32. The molecule has 0 unspecified atom stereocenters. The number of unbranched alkanes of at least 4 members (excludes halogenated alkanes) is 2. The fourth-order valence-electron chi connectivity index (χ4n) is 2.21. The van der Waals surface area contributed by atoms with Crippen LogP contribution in [0.5, 0.6) is 0 Å². The molecule has 0 amide bonds. The molecule has 0 radical (unpaired) electrons. The molecule has 0 fully saturated rings. The van der Waals surface area contributed by atoms with Crippen LogP contribution in [-0.4, -0.2) is 23.3 Å². The van der Waals surface area contributed by atoms with Crippen molar-refractivity contribution in [3.05, 3.63) is 27.3 Å². The third-order valence-corrected chi connectivity index (χ3v) is 4.28. The van der Waals surface area contributed by atoms with Gasteiger partial charge in [-0.2, -0.15) is 0 Å². The molecule has 20 heavy (non-hydrogen) atoms. The predicted molar refractivity (Wildman–Crippen MR) is 87.7 cm³/mol. The first-order valence-electron chi connectivity index (χ1n) is 6.56. The topological polar surface area (TPSA) is 27.1 Å². The molecule has 2 aromatic rings. The number of methoxy groups -OCH3 is 1. The molecule has 3 nitrogen and oxygen atoms in total. The number of aryl methyl sites for hydroxylation is 1. The Morgan fingerprint density at radius 2 is 2.15 bits per heavy atom. The van der Waals surface area contributed by atoms with E-state index in [0.29, 0.717) is 9.45 Å². The minimum Gasteiger partial charge on any atom is -0.385 e. The van der Waals surface area contributed by atoms with Gasteiger partial charge in [-0.15, -0.1) is 11.6 Å². The summed E-state index contributed by atoms with van der Waals surface area (Å²) in [5.74, 6) is 0.930. The number of aromatic nitrogens is 2. The standard InChI is InChI=1S/C14H17ClFIN2O/c1-20-6-4-2-3-5-19-13-7-10(16)11(17)8-12(13)18-14(19)9-15/h7-8H,2-6,9H2,1H3. The second kappa shape index (κ2) is 7.56. The molecule has 0 aliphatic heterocycles. The zero-order valence-electron chi connectivity index (χ0n) is 11.3. The second-order valence-electron chi connectivity index (χ2n) is 4.62. The lowest BCUT2D eigenvalue weighted by Crippen LogP contribution is -2.03. The summed E-state index contributed by atoms with van der Waals surface area (Å²) in [6.45, 7) is 1.59. The summed E-state index contributed by atoms with van der Waals surface area (Å²) >= 11 is 7.92. The highest BCUT2D eigenvalue weighted by atomic mass is 127. The van der Waals surface area contributed by atoms with Crippen LogP contribution in [0.25, 0.3) is 11.0 Å². The number of rotatable bonds is 7. The lowest BCUT2D eigenvalue weighted by atomic mass is 10.2. The maximum absolute atomic E-state index is 13.7. The monoisotopic (exact) mass is 410 g/mol. The van der Waals surface area contributed by atoms with Crippen molar-refractivity contribution in [3.63, 3.8) is 0 Å². The van der Waals surface area contributed by atoms with Crippen molar-refractivity contribution in [1.29, 1.82) is 0 Å². The molecule has 0 atom stereocenters. The van der Waals surface area contributed by atoms with E-state index in [2.05, 4.69) is 4.98 Å². The van der Waals surface area contributed by atoms with Crippen molar-refractivity contribution >= 4 is 45.2 Å². The van der Waals surface area contributed by atoms with Crippen molar-refractivity contribution in [2.45, 2.75) is 31.7 Å². The Hall–Kier alpha value is -0.400. The Morgan fingerprint density at radius 1 is 1.35 bits per heavy atom. The zero-order chi connectivity index (χ0) is 14.5. The molecule has 0 N–H and O–H groups in total. The fraction of sp³-hybridized carbons (Fsp3) is 0.500. The minimum atomic E-state index is -0.209. The molecule has 2 rings (SSSR count). The first-order valence-corrected chi connectivity index (χ1v) is 8.17. The number of hydrogen-bond donors (Lipinski definition) is 0. The molecule has 0 spiro atoms. The third-order valence-electron chi connectivity index (χ3n) is 3.22. The van der Waals surface area contributed by atoms with Gasteiger partial charge in [-0.05, 0) is 47.9 Å².